The number of aromatic nitrogens is 2. The molecule has 0 saturated carbocycles. The van der Waals surface area contributed by atoms with Gasteiger partial charge in [-0.05, 0) is 43.1 Å². The first-order valence-corrected chi connectivity index (χ1v) is 14.4. The van der Waals surface area contributed by atoms with Gasteiger partial charge in [0.25, 0.3) is 5.91 Å². The van der Waals surface area contributed by atoms with Crippen molar-refractivity contribution >= 4 is 29.4 Å². The number of nitrogens with zero attached hydrogens (tertiary/aromatic N) is 5. The van der Waals surface area contributed by atoms with Crippen molar-refractivity contribution in [1.82, 2.24) is 24.7 Å². The third-order valence-electron chi connectivity index (χ3n) is 7.86. The summed E-state index contributed by atoms with van der Waals surface area (Å²) in [5.41, 5.74) is 3.07. The van der Waals surface area contributed by atoms with Gasteiger partial charge in [-0.15, -0.1) is 0 Å². The maximum absolute atomic E-state index is 13.5. The number of nitrogens with one attached hydrogen (secondary N) is 1. The second-order valence-corrected chi connectivity index (χ2v) is 11.0. The van der Waals surface area contributed by atoms with Crippen LogP contribution in [0.2, 0.25) is 0 Å². The maximum atomic E-state index is 13.5. The summed E-state index contributed by atoms with van der Waals surface area (Å²) in [4.78, 5) is 40.1. The lowest BCUT2D eigenvalue weighted by Crippen LogP contribution is -2.56. The molecule has 4 heterocycles. The molecule has 2 N–H and O–H groups in total. The van der Waals surface area contributed by atoms with E-state index < -0.39 is 6.10 Å². The second kappa shape index (κ2) is 11.4. The minimum Gasteiger partial charge on any atom is -0.390 e. The predicted molar refractivity (Wildman–Crippen MR) is 144 cm³/mol. The number of fused-ring (bicyclic) bond motifs is 1. The Kier molecular flexibility index (Phi) is 7.97. The Labute approximate surface area is 222 Å². The molecule has 1 aromatic carbocycles. The minimum absolute atomic E-state index is 0.0441. The predicted octanol–water partition coefficient (Wildman–Crippen LogP) is 2.25. The van der Waals surface area contributed by atoms with Gasteiger partial charge in [0.05, 0.1) is 6.10 Å². The first kappa shape index (κ1) is 25.9. The van der Waals surface area contributed by atoms with Gasteiger partial charge in [0.15, 0.2) is 5.16 Å². The zero-order valence-electron chi connectivity index (χ0n) is 21.6. The number of aliphatic hydroxyl groups excluding tert-OH is 1. The van der Waals surface area contributed by atoms with Gasteiger partial charge in [-0.2, -0.15) is 0 Å². The van der Waals surface area contributed by atoms with Crippen LogP contribution in [-0.4, -0.2) is 98.8 Å². The number of amides is 2. The number of β-amino-alcohol motifs (C(OH)–C–C–N with tert-alkyl or cyclic N) is 1. The van der Waals surface area contributed by atoms with E-state index in [1.165, 1.54) is 22.9 Å². The fraction of sp³-hybridized carbons (Fsp3) is 0.556. The highest BCUT2D eigenvalue weighted by Crippen LogP contribution is 2.26. The van der Waals surface area contributed by atoms with Crippen LogP contribution in [-0.2, 0) is 17.8 Å². The van der Waals surface area contributed by atoms with E-state index in [1.807, 2.05) is 11.2 Å². The zero-order chi connectivity index (χ0) is 25.9. The average Bonchev–Trinajstić information content (AvgIpc) is 2.92. The van der Waals surface area contributed by atoms with E-state index in [9.17, 15) is 14.7 Å². The van der Waals surface area contributed by atoms with Crippen LogP contribution < -0.4 is 5.32 Å². The smallest absolute Gasteiger partial charge is 0.272 e. The molecule has 37 heavy (non-hydrogen) atoms. The normalized spacial score (nSPS) is 23.0. The number of hydrogen-bond donors (Lipinski definition) is 2. The monoisotopic (exact) mass is 524 g/mol. The van der Waals surface area contributed by atoms with Crippen molar-refractivity contribution in [3.05, 3.63) is 47.2 Å². The van der Waals surface area contributed by atoms with E-state index in [1.54, 1.807) is 17.9 Å². The summed E-state index contributed by atoms with van der Waals surface area (Å²) in [5, 5.41) is 15.0. The Morgan fingerprint density at radius 1 is 1.03 bits per heavy atom. The van der Waals surface area contributed by atoms with Gasteiger partial charge in [-0.1, -0.05) is 36.0 Å². The highest BCUT2D eigenvalue weighted by Gasteiger charge is 2.36. The van der Waals surface area contributed by atoms with E-state index >= 15 is 0 Å². The molecule has 5 rings (SSSR count). The van der Waals surface area contributed by atoms with Gasteiger partial charge < -0.3 is 20.2 Å². The fourth-order valence-electron chi connectivity index (χ4n) is 5.74. The van der Waals surface area contributed by atoms with Crippen LogP contribution in [0.15, 0.2) is 35.5 Å². The molecule has 2 fully saturated rings. The molecule has 2 atom stereocenters. The molecule has 3 aliphatic rings. The molecule has 0 aliphatic carbocycles. The Morgan fingerprint density at radius 3 is 2.46 bits per heavy atom. The van der Waals surface area contributed by atoms with Crippen LogP contribution in [0.3, 0.4) is 0 Å². The van der Waals surface area contributed by atoms with Crippen molar-refractivity contribution in [2.45, 2.75) is 62.5 Å². The highest BCUT2D eigenvalue weighted by molar-refractivity contribution is 7.98. The SMILES string of the molecule is CSc1nc(NC2CCN(C(C)=O)CC2)cc(C(=O)N2CC[C@@H](N3CCc4ccccc4C3)[C@H](O)C2)n1. The van der Waals surface area contributed by atoms with Crippen LogP contribution in [0.1, 0.15) is 47.8 Å². The quantitative estimate of drug-likeness (QED) is 0.454. The zero-order valence-corrected chi connectivity index (χ0v) is 22.4. The second-order valence-electron chi connectivity index (χ2n) is 10.2. The number of hydrogen-bond acceptors (Lipinski definition) is 8. The van der Waals surface area contributed by atoms with Crippen molar-refractivity contribution < 1.29 is 14.7 Å². The molecular weight excluding hydrogens is 488 g/mol. The highest BCUT2D eigenvalue weighted by atomic mass is 32.2. The van der Waals surface area contributed by atoms with Crippen LogP contribution in [0.4, 0.5) is 5.82 Å². The molecule has 9 nitrogen and oxygen atoms in total. The van der Waals surface area contributed by atoms with Crippen LogP contribution >= 0.6 is 11.8 Å². The van der Waals surface area contributed by atoms with E-state index in [0.29, 0.717) is 42.8 Å². The first-order chi connectivity index (χ1) is 17.9. The first-order valence-electron chi connectivity index (χ1n) is 13.1. The summed E-state index contributed by atoms with van der Waals surface area (Å²) in [6.07, 6.45) is 4.68. The van der Waals surface area contributed by atoms with Crippen LogP contribution in [0, 0.1) is 0 Å². The third-order valence-corrected chi connectivity index (χ3v) is 8.41. The lowest BCUT2D eigenvalue weighted by atomic mass is 9.94. The van der Waals surface area contributed by atoms with Crippen molar-refractivity contribution in [3.63, 3.8) is 0 Å². The van der Waals surface area contributed by atoms with Crippen molar-refractivity contribution in [2.75, 3.05) is 44.3 Å². The summed E-state index contributed by atoms with van der Waals surface area (Å²) >= 11 is 1.40. The largest absolute Gasteiger partial charge is 0.390 e. The number of thioether (sulfide) groups is 1. The third kappa shape index (κ3) is 5.91. The molecule has 2 saturated heterocycles. The molecule has 10 heteroatoms. The molecule has 1 aromatic heterocycles. The summed E-state index contributed by atoms with van der Waals surface area (Å²) in [5.74, 6) is 0.564. The van der Waals surface area contributed by atoms with Gasteiger partial charge in [-0.25, -0.2) is 9.97 Å². The molecule has 0 bridgehead atoms. The van der Waals surface area contributed by atoms with E-state index in [4.69, 9.17) is 0 Å². The number of benzene rings is 1. The molecule has 0 unspecified atom stereocenters. The molecule has 3 aliphatic heterocycles. The Morgan fingerprint density at radius 2 is 1.76 bits per heavy atom. The molecule has 2 aromatic rings. The topological polar surface area (TPSA) is 102 Å². The Bertz CT molecular complexity index is 1140. The Hall–Kier alpha value is -2.69. The van der Waals surface area contributed by atoms with Crippen LogP contribution in [0.5, 0.6) is 0 Å². The Balaban J connectivity index is 1.22. The molecule has 198 valence electrons. The number of anilines is 1. The molecule has 2 amide bonds. The van der Waals surface area contributed by atoms with Crippen molar-refractivity contribution in [3.8, 4) is 0 Å². The number of likely N-dealkylation sites (tertiary alicyclic amines) is 2. The van der Waals surface area contributed by atoms with E-state index in [-0.39, 0.29) is 23.9 Å². The summed E-state index contributed by atoms with van der Waals surface area (Å²) in [6, 6.07) is 10.5. The summed E-state index contributed by atoms with van der Waals surface area (Å²) < 4.78 is 0. The minimum atomic E-state index is -0.603. The molecular formula is C27H36N6O3S. The average molecular weight is 525 g/mol. The van der Waals surface area contributed by atoms with Gasteiger partial charge >= 0.3 is 0 Å². The van der Waals surface area contributed by atoms with E-state index in [2.05, 4.69) is 44.5 Å². The molecule has 0 spiro atoms. The number of carbonyl (C=O) groups excluding carboxylic acids is 2. The number of aliphatic hydroxyl groups is 1. The lowest BCUT2D eigenvalue weighted by Gasteiger charge is -2.43. The maximum Gasteiger partial charge on any atom is 0.272 e. The number of piperidine rings is 2. The van der Waals surface area contributed by atoms with Crippen molar-refractivity contribution in [2.24, 2.45) is 0 Å². The summed E-state index contributed by atoms with van der Waals surface area (Å²) in [6.45, 7) is 5.69. The fourth-order valence-corrected chi connectivity index (χ4v) is 6.12. The number of rotatable bonds is 5. The molecule has 0 radical (unpaired) electrons. The standard InChI is InChI=1S/C27H36N6O3S/c1-18(34)31-12-8-21(9-13-31)28-25-15-22(29-27(30-25)37-2)26(36)33-14-10-23(24(35)17-33)32-11-7-19-5-3-4-6-20(19)16-32/h3-6,15,21,23-24,35H,7-14,16-17H2,1-2H3,(H,28,29,30)/t23-,24-/m1/s1. The van der Waals surface area contributed by atoms with Gasteiger partial charge in [0.2, 0.25) is 5.91 Å². The van der Waals surface area contributed by atoms with Gasteiger partial charge in [0, 0.05) is 64.3 Å². The van der Waals surface area contributed by atoms with Crippen molar-refractivity contribution in [1.29, 1.82) is 0 Å². The van der Waals surface area contributed by atoms with Crippen LogP contribution in [0.25, 0.3) is 0 Å². The van der Waals surface area contributed by atoms with Gasteiger partial charge in [0.1, 0.15) is 11.5 Å². The van der Waals surface area contributed by atoms with Gasteiger partial charge in [-0.3, -0.25) is 14.5 Å². The lowest BCUT2D eigenvalue weighted by molar-refractivity contribution is -0.129. The van der Waals surface area contributed by atoms with E-state index in [0.717, 1.165) is 38.8 Å². The summed E-state index contributed by atoms with van der Waals surface area (Å²) in [7, 11) is 0. The number of carbonyl (C=O) groups is 2.